The van der Waals surface area contributed by atoms with Gasteiger partial charge in [0.25, 0.3) is 5.91 Å². The maximum Gasteiger partial charge on any atom is 0.414 e. The highest BCUT2D eigenvalue weighted by Gasteiger charge is 2.33. The van der Waals surface area contributed by atoms with Crippen LogP contribution in [0.5, 0.6) is 0 Å². The monoisotopic (exact) mass is 438 g/mol. The standard InChI is InChI=1S/C22H22N4O6/c23-20(28)17-3-1-2-13(19(17)21(24)29)10-16-11-26(22(30)32-16)15-6-4-14(5-7-15)25-8-9-31-12-18(25)27/h1-7,16H,8-12H2,(H2,23,28)(H2,24,29)/t16-/m0/s1. The third-order valence-corrected chi connectivity index (χ3v) is 5.44. The van der Waals surface area contributed by atoms with E-state index in [0.717, 1.165) is 5.69 Å². The van der Waals surface area contributed by atoms with Gasteiger partial charge in [0.05, 0.1) is 24.3 Å². The Balaban J connectivity index is 1.49. The van der Waals surface area contributed by atoms with Crippen LogP contribution in [0.1, 0.15) is 26.3 Å². The second-order valence-corrected chi connectivity index (χ2v) is 7.50. The van der Waals surface area contributed by atoms with Crippen molar-refractivity contribution in [3.05, 3.63) is 59.2 Å². The molecule has 2 fully saturated rings. The van der Waals surface area contributed by atoms with E-state index in [4.69, 9.17) is 20.9 Å². The minimum Gasteiger partial charge on any atom is -0.444 e. The summed E-state index contributed by atoms with van der Waals surface area (Å²) in [6.45, 7) is 1.23. The number of nitrogens with two attached hydrogens (primary N) is 2. The Bertz CT molecular complexity index is 1080. The molecule has 4 rings (SSSR count). The summed E-state index contributed by atoms with van der Waals surface area (Å²) in [5.41, 5.74) is 12.7. The Morgan fingerprint density at radius 2 is 1.66 bits per heavy atom. The molecule has 0 aromatic heterocycles. The third-order valence-electron chi connectivity index (χ3n) is 5.44. The first kappa shape index (κ1) is 21.3. The van der Waals surface area contributed by atoms with Crippen molar-refractivity contribution in [2.24, 2.45) is 11.5 Å². The van der Waals surface area contributed by atoms with Gasteiger partial charge < -0.3 is 25.8 Å². The first-order valence-corrected chi connectivity index (χ1v) is 10.0. The number of carbonyl (C=O) groups excluding carboxylic acids is 4. The molecular formula is C22H22N4O6. The second-order valence-electron chi connectivity index (χ2n) is 7.50. The summed E-state index contributed by atoms with van der Waals surface area (Å²) in [6.07, 6.45) is -0.886. The van der Waals surface area contributed by atoms with Gasteiger partial charge >= 0.3 is 6.09 Å². The molecule has 10 nitrogen and oxygen atoms in total. The molecule has 166 valence electrons. The van der Waals surface area contributed by atoms with E-state index in [9.17, 15) is 19.2 Å². The Hall–Kier alpha value is -3.92. The SMILES string of the molecule is NC(=O)c1cccc(C[C@H]2CN(c3ccc(N4CCOCC4=O)cc3)C(=O)O2)c1C(N)=O. The fourth-order valence-electron chi connectivity index (χ4n) is 3.95. The lowest BCUT2D eigenvalue weighted by molar-refractivity contribution is -0.125. The molecule has 0 aliphatic carbocycles. The summed E-state index contributed by atoms with van der Waals surface area (Å²) in [5, 5.41) is 0. The van der Waals surface area contributed by atoms with E-state index in [2.05, 4.69) is 0 Å². The second kappa shape index (κ2) is 8.67. The number of primary amides is 2. The number of amides is 4. The van der Waals surface area contributed by atoms with Crippen LogP contribution in [-0.2, 0) is 20.7 Å². The zero-order valence-electron chi connectivity index (χ0n) is 17.2. The van der Waals surface area contributed by atoms with Crippen molar-refractivity contribution in [3.8, 4) is 0 Å². The van der Waals surface area contributed by atoms with Crippen LogP contribution in [0.2, 0.25) is 0 Å². The Morgan fingerprint density at radius 3 is 2.28 bits per heavy atom. The topological polar surface area (TPSA) is 145 Å². The Morgan fingerprint density at radius 1 is 0.969 bits per heavy atom. The highest BCUT2D eigenvalue weighted by Crippen LogP contribution is 2.27. The number of hydrogen-bond donors (Lipinski definition) is 2. The van der Waals surface area contributed by atoms with Crippen molar-refractivity contribution in [1.29, 1.82) is 0 Å². The van der Waals surface area contributed by atoms with Crippen LogP contribution in [0, 0.1) is 0 Å². The summed E-state index contributed by atoms with van der Waals surface area (Å²) in [5.74, 6) is -1.65. The van der Waals surface area contributed by atoms with Crippen molar-refractivity contribution in [2.75, 3.05) is 36.1 Å². The first-order chi connectivity index (χ1) is 15.3. The van der Waals surface area contributed by atoms with Crippen molar-refractivity contribution >= 4 is 35.2 Å². The number of morpholine rings is 1. The molecule has 0 spiro atoms. The number of cyclic esters (lactones) is 1. The molecular weight excluding hydrogens is 416 g/mol. The predicted octanol–water partition coefficient (Wildman–Crippen LogP) is 0.815. The van der Waals surface area contributed by atoms with Crippen molar-refractivity contribution in [1.82, 2.24) is 0 Å². The van der Waals surface area contributed by atoms with Crippen molar-refractivity contribution in [2.45, 2.75) is 12.5 Å². The Labute approximate surface area is 183 Å². The van der Waals surface area contributed by atoms with Gasteiger partial charge in [-0.3, -0.25) is 19.3 Å². The summed E-state index contributed by atoms with van der Waals surface area (Å²) in [6, 6.07) is 11.7. The van der Waals surface area contributed by atoms with E-state index in [1.165, 1.54) is 11.0 Å². The van der Waals surface area contributed by atoms with Gasteiger partial charge in [-0.1, -0.05) is 12.1 Å². The van der Waals surface area contributed by atoms with Crippen LogP contribution in [0.15, 0.2) is 42.5 Å². The van der Waals surface area contributed by atoms with Gasteiger partial charge in [-0.2, -0.15) is 0 Å². The molecule has 2 aromatic rings. The predicted molar refractivity (Wildman–Crippen MR) is 114 cm³/mol. The molecule has 0 radical (unpaired) electrons. The molecule has 32 heavy (non-hydrogen) atoms. The average molecular weight is 438 g/mol. The molecule has 10 heteroatoms. The molecule has 2 saturated heterocycles. The van der Waals surface area contributed by atoms with E-state index in [-0.39, 0.29) is 36.6 Å². The Kier molecular flexibility index (Phi) is 5.78. The van der Waals surface area contributed by atoms with Gasteiger partial charge in [0, 0.05) is 24.3 Å². The maximum atomic E-state index is 12.5. The highest BCUT2D eigenvalue weighted by atomic mass is 16.6. The normalized spacial score (nSPS) is 18.6. The first-order valence-electron chi connectivity index (χ1n) is 10.0. The number of hydrogen-bond acceptors (Lipinski definition) is 6. The van der Waals surface area contributed by atoms with Crippen LogP contribution < -0.4 is 21.3 Å². The van der Waals surface area contributed by atoms with Crippen LogP contribution in [0.3, 0.4) is 0 Å². The largest absolute Gasteiger partial charge is 0.444 e. The number of nitrogens with zero attached hydrogens (tertiary/aromatic N) is 2. The summed E-state index contributed by atoms with van der Waals surface area (Å²) < 4.78 is 10.6. The van der Waals surface area contributed by atoms with Gasteiger partial charge in [0.2, 0.25) is 11.8 Å². The van der Waals surface area contributed by atoms with Crippen LogP contribution in [-0.4, -0.2) is 56.2 Å². The molecule has 0 unspecified atom stereocenters. The van der Waals surface area contributed by atoms with Gasteiger partial charge in [0.15, 0.2) is 0 Å². The smallest absolute Gasteiger partial charge is 0.414 e. The van der Waals surface area contributed by atoms with E-state index < -0.39 is 24.0 Å². The van der Waals surface area contributed by atoms with E-state index in [1.54, 1.807) is 41.3 Å². The fourth-order valence-corrected chi connectivity index (χ4v) is 3.95. The zero-order chi connectivity index (χ0) is 22.8. The number of rotatable bonds is 6. The van der Waals surface area contributed by atoms with Crippen LogP contribution in [0.25, 0.3) is 0 Å². The van der Waals surface area contributed by atoms with Gasteiger partial charge in [-0.15, -0.1) is 0 Å². The van der Waals surface area contributed by atoms with Gasteiger partial charge in [-0.05, 0) is 35.9 Å². The lowest BCUT2D eigenvalue weighted by atomic mass is 9.95. The number of ether oxygens (including phenoxy) is 2. The van der Waals surface area contributed by atoms with E-state index >= 15 is 0 Å². The van der Waals surface area contributed by atoms with Crippen molar-refractivity contribution < 1.29 is 28.7 Å². The molecule has 2 aromatic carbocycles. The van der Waals surface area contributed by atoms with Crippen LogP contribution >= 0.6 is 0 Å². The van der Waals surface area contributed by atoms with Gasteiger partial charge in [-0.25, -0.2) is 4.79 Å². The average Bonchev–Trinajstić information content (AvgIpc) is 3.13. The maximum absolute atomic E-state index is 12.5. The summed E-state index contributed by atoms with van der Waals surface area (Å²) >= 11 is 0. The number of benzene rings is 2. The molecule has 2 heterocycles. The molecule has 2 aliphatic heterocycles. The molecule has 1 atom stereocenters. The molecule has 0 bridgehead atoms. The summed E-state index contributed by atoms with van der Waals surface area (Å²) in [7, 11) is 0. The van der Waals surface area contributed by atoms with E-state index in [0.29, 0.717) is 24.4 Å². The lowest BCUT2D eigenvalue weighted by Gasteiger charge is -2.27. The molecule has 4 amide bonds. The molecule has 4 N–H and O–H groups in total. The minimum absolute atomic E-state index is 0.0319. The van der Waals surface area contributed by atoms with Gasteiger partial charge in [0.1, 0.15) is 12.7 Å². The quantitative estimate of drug-likeness (QED) is 0.683. The number of carbonyl (C=O) groups is 4. The third kappa shape index (κ3) is 4.12. The number of anilines is 2. The zero-order valence-corrected chi connectivity index (χ0v) is 17.2. The van der Waals surface area contributed by atoms with Crippen molar-refractivity contribution in [3.63, 3.8) is 0 Å². The van der Waals surface area contributed by atoms with E-state index in [1.807, 2.05) is 0 Å². The minimum atomic E-state index is -0.774. The van der Waals surface area contributed by atoms with Crippen LogP contribution in [0.4, 0.5) is 16.2 Å². The lowest BCUT2D eigenvalue weighted by Crippen LogP contribution is -2.41. The highest BCUT2D eigenvalue weighted by molar-refractivity contribution is 6.07. The summed E-state index contributed by atoms with van der Waals surface area (Å²) in [4.78, 5) is 51.1. The molecule has 0 saturated carbocycles. The molecule has 2 aliphatic rings. The fraction of sp³-hybridized carbons (Fsp3) is 0.273.